The Kier molecular flexibility index (Phi) is 4.17. The minimum absolute atomic E-state index is 0.168. The van der Waals surface area contributed by atoms with Crippen LogP contribution in [0.1, 0.15) is 4.88 Å². The Hall–Kier alpha value is -1.59. The Morgan fingerprint density at radius 2 is 2.22 bits per heavy atom. The van der Waals surface area contributed by atoms with Gasteiger partial charge in [0.05, 0.1) is 17.3 Å². The van der Waals surface area contributed by atoms with Crippen LogP contribution in [0.3, 0.4) is 0 Å². The number of urea groups is 1. The van der Waals surface area contributed by atoms with Crippen LogP contribution in [0.25, 0.3) is 0 Å². The molecule has 0 saturated heterocycles. The molecule has 0 aliphatic rings. The zero-order valence-electron chi connectivity index (χ0n) is 9.24. The van der Waals surface area contributed by atoms with Crippen molar-refractivity contribution in [3.63, 3.8) is 0 Å². The molecule has 18 heavy (non-hydrogen) atoms. The monoisotopic (exact) mass is 284 g/mol. The summed E-state index contributed by atoms with van der Waals surface area (Å²) in [6, 6.07) is 7.27. The predicted molar refractivity (Wildman–Crippen MR) is 71.6 cm³/mol. The molecule has 94 valence electrons. The number of anilines is 1. The lowest BCUT2D eigenvalue weighted by molar-refractivity contribution is 0.252. The number of rotatable bonds is 3. The number of nitrogens with one attached hydrogen (secondary N) is 2. The summed E-state index contributed by atoms with van der Waals surface area (Å²) in [5.41, 5.74) is 0.377. The molecule has 6 heteroatoms. The average Bonchev–Trinajstić information content (AvgIpc) is 2.83. The summed E-state index contributed by atoms with van der Waals surface area (Å²) in [7, 11) is 0. The highest BCUT2D eigenvalue weighted by atomic mass is 35.5. The molecule has 2 rings (SSSR count). The Morgan fingerprint density at radius 1 is 1.39 bits per heavy atom. The van der Waals surface area contributed by atoms with Crippen LogP contribution in [-0.2, 0) is 6.54 Å². The number of hydrogen-bond acceptors (Lipinski definition) is 2. The summed E-state index contributed by atoms with van der Waals surface area (Å²) in [6.07, 6.45) is 0. The molecule has 0 saturated carbocycles. The van der Waals surface area contributed by atoms with Gasteiger partial charge in [-0.05, 0) is 29.6 Å². The molecule has 0 radical (unpaired) electrons. The fourth-order valence-corrected chi connectivity index (χ4v) is 2.20. The van der Waals surface area contributed by atoms with Crippen LogP contribution in [0, 0.1) is 5.82 Å². The van der Waals surface area contributed by atoms with Gasteiger partial charge in [0.2, 0.25) is 0 Å². The molecular weight excluding hydrogens is 275 g/mol. The first-order chi connectivity index (χ1) is 8.65. The summed E-state index contributed by atoms with van der Waals surface area (Å²) >= 11 is 7.35. The normalized spacial score (nSPS) is 10.1. The van der Waals surface area contributed by atoms with E-state index < -0.39 is 5.82 Å². The van der Waals surface area contributed by atoms with Gasteiger partial charge in [0.15, 0.2) is 0 Å². The van der Waals surface area contributed by atoms with Gasteiger partial charge >= 0.3 is 6.03 Å². The van der Waals surface area contributed by atoms with E-state index in [1.165, 1.54) is 12.1 Å². The van der Waals surface area contributed by atoms with E-state index in [1.54, 1.807) is 11.3 Å². The number of carbonyl (C=O) groups is 1. The van der Waals surface area contributed by atoms with E-state index in [0.29, 0.717) is 12.2 Å². The second kappa shape index (κ2) is 5.84. The quantitative estimate of drug-likeness (QED) is 0.883. The van der Waals surface area contributed by atoms with Gasteiger partial charge in [-0.3, -0.25) is 0 Å². The van der Waals surface area contributed by atoms with E-state index in [2.05, 4.69) is 10.6 Å². The molecule has 0 unspecified atom stereocenters. The van der Waals surface area contributed by atoms with Crippen molar-refractivity contribution in [2.45, 2.75) is 6.54 Å². The molecule has 0 fully saturated rings. The molecule has 0 spiro atoms. The van der Waals surface area contributed by atoms with Crippen LogP contribution >= 0.6 is 22.9 Å². The molecule has 0 aliphatic carbocycles. The summed E-state index contributed by atoms with van der Waals surface area (Å²) in [6.45, 7) is 0.447. The number of hydrogen-bond donors (Lipinski definition) is 2. The maximum Gasteiger partial charge on any atom is 0.319 e. The van der Waals surface area contributed by atoms with Crippen LogP contribution < -0.4 is 10.6 Å². The second-order valence-corrected chi connectivity index (χ2v) is 4.95. The lowest BCUT2D eigenvalue weighted by atomic mass is 10.3. The molecule has 2 N–H and O–H groups in total. The van der Waals surface area contributed by atoms with Crippen molar-refractivity contribution in [3.05, 3.63) is 51.4 Å². The van der Waals surface area contributed by atoms with Gasteiger partial charge in [0.1, 0.15) is 5.82 Å². The van der Waals surface area contributed by atoms with Gasteiger partial charge in [-0.1, -0.05) is 17.7 Å². The smallest absolute Gasteiger partial charge is 0.319 e. The van der Waals surface area contributed by atoms with Gasteiger partial charge in [0.25, 0.3) is 0 Å². The van der Waals surface area contributed by atoms with Crippen molar-refractivity contribution in [3.8, 4) is 0 Å². The van der Waals surface area contributed by atoms with Gasteiger partial charge in [-0.2, -0.15) is 0 Å². The summed E-state index contributed by atoms with van der Waals surface area (Å²) in [5, 5.41) is 7.34. The Morgan fingerprint density at radius 3 is 2.89 bits per heavy atom. The third kappa shape index (κ3) is 3.45. The molecule has 2 aromatic rings. The molecule has 0 atom stereocenters. The van der Waals surface area contributed by atoms with Crippen LogP contribution in [0.2, 0.25) is 5.02 Å². The zero-order valence-corrected chi connectivity index (χ0v) is 10.8. The van der Waals surface area contributed by atoms with Gasteiger partial charge in [-0.15, -0.1) is 11.3 Å². The summed E-state index contributed by atoms with van der Waals surface area (Å²) in [5.74, 6) is -0.440. The maximum absolute atomic E-state index is 12.8. The predicted octanol–water partition coefficient (Wildman–Crippen LogP) is 3.86. The van der Waals surface area contributed by atoms with Crippen LogP contribution in [0.4, 0.5) is 14.9 Å². The van der Waals surface area contributed by atoms with Crippen LogP contribution in [0.15, 0.2) is 35.7 Å². The third-order valence-corrected chi connectivity index (χ3v) is 3.37. The van der Waals surface area contributed by atoms with Crippen molar-refractivity contribution in [1.29, 1.82) is 0 Å². The van der Waals surface area contributed by atoms with E-state index in [1.807, 2.05) is 17.5 Å². The minimum atomic E-state index is -0.440. The fourth-order valence-electron chi connectivity index (χ4n) is 1.34. The van der Waals surface area contributed by atoms with Gasteiger partial charge < -0.3 is 10.6 Å². The molecule has 0 aliphatic heterocycles. The topological polar surface area (TPSA) is 41.1 Å². The number of halogens is 2. The molecular formula is C12H10ClFN2OS. The Labute approximate surface area is 113 Å². The number of carbonyl (C=O) groups excluding carboxylic acids is 1. The first-order valence-electron chi connectivity index (χ1n) is 5.17. The highest BCUT2D eigenvalue weighted by Crippen LogP contribution is 2.22. The molecule has 0 bridgehead atoms. The number of benzene rings is 1. The van der Waals surface area contributed by atoms with E-state index in [4.69, 9.17) is 11.6 Å². The second-order valence-electron chi connectivity index (χ2n) is 3.51. The average molecular weight is 285 g/mol. The highest BCUT2D eigenvalue weighted by Gasteiger charge is 2.06. The third-order valence-electron chi connectivity index (χ3n) is 2.18. The van der Waals surface area contributed by atoms with E-state index in [-0.39, 0.29) is 11.1 Å². The van der Waals surface area contributed by atoms with Crippen molar-refractivity contribution in [2.75, 3.05) is 5.32 Å². The minimum Gasteiger partial charge on any atom is -0.333 e. The van der Waals surface area contributed by atoms with Crippen molar-refractivity contribution in [2.24, 2.45) is 0 Å². The lowest BCUT2D eigenvalue weighted by Crippen LogP contribution is -2.27. The van der Waals surface area contributed by atoms with E-state index in [9.17, 15) is 9.18 Å². The SMILES string of the molecule is O=C(NCc1cccs1)Nc1ccc(F)cc1Cl. The maximum atomic E-state index is 12.8. The number of amides is 2. The van der Waals surface area contributed by atoms with Gasteiger partial charge in [0, 0.05) is 4.88 Å². The molecule has 1 aromatic carbocycles. The van der Waals surface area contributed by atoms with Crippen LogP contribution in [0.5, 0.6) is 0 Å². The Bertz CT molecular complexity index is 545. The van der Waals surface area contributed by atoms with Crippen molar-refractivity contribution >= 4 is 34.7 Å². The van der Waals surface area contributed by atoms with Crippen molar-refractivity contribution < 1.29 is 9.18 Å². The molecule has 1 aromatic heterocycles. The lowest BCUT2D eigenvalue weighted by Gasteiger charge is -2.08. The highest BCUT2D eigenvalue weighted by molar-refractivity contribution is 7.09. The fraction of sp³-hybridized carbons (Fsp3) is 0.0833. The number of thiophene rings is 1. The summed E-state index contributed by atoms with van der Waals surface area (Å²) < 4.78 is 12.8. The van der Waals surface area contributed by atoms with Crippen LogP contribution in [-0.4, -0.2) is 6.03 Å². The first kappa shape index (κ1) is 12.9. The van der Waals surface area contributed by atoms with Crippen molar-refractivity contribution in [1.82, 2.24) is 5.32 Å². The van der Waals surface area contributed by atoms with E-state index in [0.717, 1.165) is 10.9 Å². The Balaban J connectivity index is 1.91. The molecule has 2 amide bonds. The first-order valence-corrected chi connectivity index (χ1v) is 6.43. The van der Waals surface area contributed by atoms with Gasteiger partial charge in [-0.25, -0.2) is 9.18 Å². The largest absolute Gasteiger partial charge is 0.333 e. The van der Waals surface area contributed by atoms with E-state index >= 15 is 0 Å². The standard InChI is InChI=1S/C12H10ClFN2OS/c13-10-6-8(14)3-4-11(10)16-12(17)15-7-9-2-1-5-18-9/h1-6H,7H2,(H2,15,16,17). The molecule has 3 nitrogen and oxygen atoms in total. The zero-order chi connectivity index (χ0) is 13.0. The summed E-state index contributed by atoms with van der Waals surface area (Å²) in [4.78, 5) is 12.6. The molecule has 1 heterocycles.